The second-order valence-corrected chi connectivity index (χ2v) is 3.77. The number of H-pyrrole nitrogens is 1. The summed E-state index contributed by atoms with van der Waals surface area (Å²) < 4.78 is 27.5. The van der Waals surface area contributed by atoms with E-state index in [1.165, 1.54) is 6.07 Å². The van der Waals surface area contributed by atoms with E-state index in [0.29, 0.717) is 25.2 Å². The van der Waals surface area contributed by atoms with E-state index < -0.39 is 17.3 Å². The van der Waals surface area contributed by atoms with Crippen molar-refractivity contribution >= 4 is 0 Å². The molecule has 5 nitrogen and oxygen atoms in total. The topological polar surface area (TPSA) is 76.7 Å². The maximum Gasteiger partial charge on any atom is 0.348 e. The summed E-state index contributed by atoms with van der Waals surface area (Å²) in [6.07, 6.45) is 1.05. The Morgan fingerprint density at radius 3 is 2.83 bits per heavy atom. The highest BCUT2D eigenvalue weighted by Gasteiger charge is 2.14. The first-order valence-corrected chi connectivity index (χ1v) is 5.45. The Morgan fingerprint density at radius 2 is 2.17 bits per heavy atom. The molecular formula is C11H12F2N4O. The summed E-state index contributed by atoms with van der Waals surface area (Å²) in [5.41, 5.74) is 4.78. The summed E-state index contributed by atoms with van der Waals surface area (Å²) >= 11 is 0. The summed E-state index contributed by atoms with van der Waals surface area (Å²) in [7, 11) is 0. The molecule has 0 saturated carbocycles. The molecule has 1 heterocycles. The maximum absolute atomic E-state index is 13.6. The molecule has 18 heavy (non-hydrogen) atoms. The van der Waals surface area contributed by atoms with Gasteiger partial charge in [0.2, 0.25) is 0 Å². The minimum atomic E-state index is -0.813. The minimum absolute atomic E-state index is 0.0258. The zero-order valence-electron chi connectivity index (χ0n) is 9.49. The van der Waals surface area contributed by atoms with E-state index in [2.05, 4.69) is 10.2 Å². The number of aromatic amines is 1. The van der Waals surface area contributed by atoms with Crippen LogP contribution in [0.1, 0.15) is 12.2 Å². The molecule has 0 aliphatic rings. The molecule has 0 atom stereocenters. The van der Waals surface area contributed by atoms with Crippen LogP contribution in [-0.4, -0.2) is 21.3 Å². The molecule has 0 fully saturated rings. The van der Waals surface area contributed by atoms with Crippen LogP contribution < -0.4 is 11.4 Å². The highest BCUT2D eigenvalue weighted by molar-refractivity contribution is 5.34. The first kappa shape index (κ1) is 12.4. The summed E-state index contributed by atoms with van der Waals surface area (Å²) in [5.74, 6) is -1.14. The molecule has 0 unspecified atom stereocenters. The summed E-state index contributed by atoms with van der Waals surface area (Å²) in [5, 5.41) is 6.05. The Balaban J connectivity index is 2.49. The van der Waals surface area contributed by atoms with Gasteiger partial charge in [-0.25, -0.2) is 23.2 Å². The third-order valence-electron chi connectivity index (χ3n) is 2.50. The summed E-state index contributed by atoms with van der Waals surface area (Å²) in [4.78, 5) is 11.6. The third kappa shape index (κ3) is 2.30. The fourth-order valence-electron chi connectivity index (χ4n) is 1.67. The number of aromatic nitrogens is 3. The van der Waals surface area contributed by atoms with E-state index in [1.54, 1.807) is 0 Å². The van der Waals surface area contributed by atoms with Gasteiger partial charge in [0.1, 0.15) is 17.5 Å². The molecule has 0 bridgehead atoms. The number of benzene rings is 1. The second-order valence-electron chi connectivity index (χ2n) is 3.77. The number of nitrogens with one attached hydrogen (secondary N) is 1. The molecule has 0 saturated heterocycles. The smallest absolute Gasteiger partial charge is 0.330 e. The Morgan fingerprint density at radius 1 is 1.39 bits per heavy atom. The maximum atomic E-state index is 13.6. The van der Waals surface area contributed by atoms with Crippen LogP contribution in [0.5, 0.6) is 0 Å². The van der Waals surface area contributed by atoms with Gasteiger partial charge in [0, 0.05) is 12.5 Å². The van der Waals surface area contributed by atoms with E-state index in [4.69, 9.17) is 5.73 Å². The average molecular weight is 254 g/mol. The number of hydrogen-bond acceptors (Lipinski definition) is 3. The number of rotatable bonds is 4. The van der Waals surface area contributed by atoms with Gasteiger partial charge in [-0.15, -0.1) is 0 Å². The Kier molecular flexibility index (Phi) is 3.52. The zero-order valence-corrected chi connectivity index (χ0v) is 9.49. The van der Waals surface area contributed by atoms with Crippen LogP contribution in [0.15, 0.2) is 23.0 Å². The molecule has 2 aromatic rings. The monoisotopic (exact) mass is 254 g/mol. The van der Waals surface area contributed by atoms with Crippen LogP contribution in [0.2, 0.25) is 0 Å². The lowest BCUT2D eigenvalue weighted by atomic mass is 10.2. The van der Waals surface area contributed by atoms with Gasteiger partial charge in [-0.05, 0) is 25.1 Å². The molecule has 7 heteroatoms. The molecule has 1 aromatic heterocycles. The van der Waals surface area contributed by atoms with E-state index in [0.717, 1.165) is 16.7 Å². The minimum Gasteiger partial charge on any atom is -0.330 e. The predicted octanol–water partition coefficient (Wildman–Crippen LogP) is 0.730. The van der Waals surface area contributed by atoms with Crippen molar-refractivity contribution in [3.63, 3.8) is 0 Å². The molecule has 0 radical (unpaired) electrons. The van der Waals surface area contributed by atoms with Gasteiger partial charge in [-0.1, -0.05) is 0 Å². The van der Waals surface area contributed by atoms with Gasteiger partial charge >= 0.3 is 5.69 Å². The molecule has 96 valence electrons. The molecule has 2 rings (SSSR count). The van der Waals surface area contributed by atoms with Gasteiger partial charge < -0.3 is 5.73 Å². The molecular weight excluding hydrogens is 242 g/mol. The van der Waals surface area contributed by atoms with Gasteiger partial charge in [0.05, 0.1) is 5.69 Å². The van der Waals surface area contributed by atoms with E-state index >= 15 is 0 Å². The normalized spacial score (nSPS) is 10.8. The molecule has 3 N–H and O–H groups in total. The van der Waals surface area contributed by atoms with Gasteiger partial charge in [-0.2, -0.15) is 5.10 Å². The van der Waals surface area contributed by atoms with Crippen molar-refractivity contribution < 1.29 is 8.78 Å². The van der Waals surface area contributed by atoms with Crippen molar-refractivity contribution in [1.29, 1.82) is 0 Å². The quantitative estimate of drug-likeness (QED) is 0.844. The SMILES string of the molecule is NCCCc1n[nH]c(=O)n1-c1ccc(F)cc1F. The number of halogens is 2. The lowest BCUT2D eigenvalue weighted by Crippen LogP contribution is -2.18. The summed E-state index contributed by atoms with van der Waals surface area (Å²) in [6.45, 7) is 0.437. The largest absolute Gasteiger partial charge is 0.348 e. The molecule has 0 amide bonds. The highest BCUT2D eigenvalue weighted by Crippen LogP contribution is 2.14. The van der Waals surface area contributed by atoms with Crippen LogP contribution in [0.3, 0.4) is 0 Å². The van der Waals surface area contributed by atoms with Crippen LogP contribution in [-0.2, 0) is 6.42 Å². The van der Waals surface area contributed by atoms with Gasteiger partial charge in [-0.3, -0.25) is 0 Å². The fourth-order valence-corrected chi connectivity index (χ4v) is 1.67. The molecule has 0 aliphatic carbocycles. The first-order valence-electron chi connectivity index (χ1n) is 5.45. The Hall–Kier alpha value is -2.02. The Bertz CT molecular complexity index is 605. The number of nitrogens with zero attached hydrogens (tertiary/aromatic N) is 2. The van der Waals surface area contributed by atoms with Crippen LogP contribution >= 0.6 is 0 Å². The van der Waals surface area contributed by atoms with Crippen molar-refractivity contribution in [2.45, 2.75) is 12.8 Å². The predicted molar refractivity (Wildman–Crippen MR) is 61.5 cm³/mol. The zero-order chi connectivity index (χ0) is 13.1. The standard InChI is InChI=1S/C11H12F2N4O/c12-7-3-4-9(8(13)6-7)17-10(2-1-5-14)15-16-11(17)18/h3-4,6H,1-2,5,14H2,(H,16,18). The van der Waals surface area contributed by atoms with E-state index in [1.807, 2.05) is 0 Å². The van der Waals surface area contributed by atoms with Crippen molar-refractivity contribution in [2.24, 2.45) is 5.73 Å². The van der Waals surface area contributed by atoms with Gasteiger partial charge in [0.25, 0.3) is 0 Å². The van der Waals surface area contributed by atoms with Crippen molar-refractivity contribution in [3.05, 3.63) is 46.1 Å². The van der Waals surface area contributed by atoms with Crippen molar-refractivity contribution in [2.75, 3.05) is 6.54 Å². The van der Waals surface area contributed by atoms with Crippen LogP contribution in [0.25, 0.3) is 5.69 Å². The lowest BCUT2D eigenvalue weighted by molar-refractivity contribution is 0.574. The third-order valence-corrected chi connectivity index (χ3v) is 2.50. The highest BCUT2D eigenvalue weighted by atomic mass is 19.1. The molecule has 1 aromatic carbocycles. The number of nitrogens with two attached hydrogens (primary N) is 1. The van der Waals surface area contributed by atoms with Crippen molar-refractivity contribution in [3.8, 4) is 5.69 Å². The van der Waals surface area contributed by atoms with Crippen molar-refractivity contribution in [1.82, 2.24) is 14.8 Å². The van der Waals surface area contributed by atoms with Crippen LogP contribution in [0, 0.1) is 11.6 Å². The molecule has 0 spiro atoms. The fraction of sp³-hybridized carbons (Fsp3) is 0.273. The number of hydrogen-bond donors (Lipinski definition) is 2. The lowest BCUT2D eigenvalue weighted by Gasteiger charge is -2.06. The second kappa shape index (κ2) is 5.09. The van der Waals surface area contributed by atoms with E-state index in [9.17, 15) is 13.6 Å². The Labute approximate surface area is 101 Å². The summed E-state index contributed by atoms with van der Waals surface area (Å²) in [6, 6.07) is 3.01. The van der Waals surface area contributed by atoms with Crippen LogP contribution in [0.4, 0.5) is 8.78 Å². The van der Waals surface area contributed by atoms with Gasteiger partial charge in [0.15, 0.2) is 0 Å². The average Bonchev–Trinajstić information content (AvgIpc) is 2.68. The van der Waals surface area contributed by atoms with E-state index in [-0.39, 0.29) is 5.69 Å². The number of aryl methyl sites for hydroxylation is 1. The molecule has 0 aliphatic heterocycles. The first-order chi connectivity index (χ1) is 8.63.